The van der Waals surface area contributed by atoms with Gasteiger partial charge < -0.3 is 10.2 Å². The zero-order valence-electron chi connectivity index (χ0n) is 32.8. The van der Waals surface area contributed by atoms with E-state index < -0.39 is 28.3 Å². The molecule has 6 rings (SSSR count). The lowest BCUT2D eigenvalue weighted by atomic mass is 9.81. The molecule has 1 saturated carbocycles. The minimum Gasteiger partial charge on any atom is -0.325 e. The Kier molecular flexibility index (Phi) is 14.1. The molecule has 0 radical (unpaired) electrons. The Morgan fingerprint density at radius 2 is 1.65 bits per heavy atom. The van der Waals surface area contributed by atoms with Gasteiger partial charge in [0.1, 0.15) is 5.50 Å². The average Bonchev–Trinajstić information content (AvgIpc) is 3.32. The molecule has 11 nitrogen and oxygen atoms in total. The van der Waals surface area contributed by atoms with E-state index in [-0.39, 0.29) is 72.3 Å². The largest absolute Gasteiger partial charge is 0.417 e. The van der Waals surface area contributed by atoms with Crippen LogP contribution in [0.4, 0.5) is 24.5 Å². The average molecular weight is 832 g/mol. The number of piperazine rings is 1. The standard InChI is InChI=1S/C41H52F3N7O4S.ClH/c1-25-22-48(23-26(2)49(25)24-36(53)46-30-12-9-28(10-13-30)33-17-18-35(52)47-37(33)54)19-5-6-27-7-14-31(15-8-27)51-39(56)50(38(55)40(51,3)4)32-16-11-29(21-45)34(20-32)41(42,43)44;/h9-13,16,20,25-27,31,33,39,56H,5-8,14-15,17-19,22-24H2,1-4H3,(H,46,53)(H,47,52,54);1H/t25-,26+,27?,31?,33?,39?;. The number of halogens is 4. The lowest BCUT2D eigenvalue weighted by Gasteiger charge is -2.44. The smallest absolute Gasteiger partial charge is 0.325 e. The molecule has 57 heavy (non-hydrogen) atoms. The molecule has 0 spiro atoms. The van der Waals surface area contributed by atoms with Gasteiger partial charge in [-0.1, -0.05) is 12.1 Å². The monoisotopic (exact) mass is 831 g/mol. The molecule has 310 valence electrons. The summed E-state index contributed by atoms with van der Waals surface area (Å²) in [5, 5.41) is 14.6. The van der Waals surface area contributed by atoms with Crippen LogP contribution < -0.4 is 15.5 Å². The zero-order chi connectivity index (χ0) is 40.5. The number of thiol groups is 1. The van der Waals surface area contributed by atoms with Gasteiger partial charge in [-0.2, -0.15) is 18.4 Å². The molecule has 4 atom stereocenters. The van der Waals surface area contributed by atoms with Crippen molar-refractivity contribution >= 4 is 60.0 Å². The van der Waals surface area contributed by atoms with Crippen molar-refractivity contribution in [3.63, 3.8) is 0 Å². The highest BCUT2D eigenvalue weighted by Crippen LogP contribution is 2.44. The molecular weight excluding hydrogens is 779 g/mol. The SMILES string of the molecule is C[C@@H]1CN(CCCC2CCC(N3C(S)N(c4ccc(C#N)c(C(F)(F)F)c4)C(=O)C3(C)C)CC2)C[C@H](C)N1CC(=O)Nc1ccc(C2CCC(=O)NC2=O)cc1.Cl. The molecule has 2 aromatic rings. The maximum atomic E-state index is 13.7. The zero-order valence-corrected chi connectivity index (χ0v) is 34.6. The van der Waals surface area contributed by atoms with Gasteiger partial charge in [0.15, 0.2) is 0 Å². The Morgan fingerprint density at radius 1 is 1.00 bits per heavy atom. The third kappa shape index (κ3) is 9.79. The Morgan fingerprint density at radius 3 is 2.25 bits per heavy atom. The Hall–Kier alpha value is -3.68. The van der Waals surface area contributed by atoms with Crippen molar-refractivity contribution < 1.29 is 32.3 Å². The molecule has 1 aliphatic carbocycles. The summed E-state index contributed by atoms with van der Waals surface area (Å²) >= 11 is 4.79. The van der Waals surface area contributed by atoms with E-state index in [1.807, 2.05) is 17.0 Å². The molecule has 2 aromatic carbocycles. The van der Waals surface area contributed by atoms with Gasteiger partial charge in [0.25, 0.3) is 0 Å². The van der Waals surface area contributed by atoms with Gasteiger partial charge in [0.05, 0.1) is 35.2 Å². The van der Waals surface area contributed by atoms with Crippen molar-refractivity contribution in [2.75, 3.05) is 36.4 Å². The number of carbonyl (C=O) groups is 4. The number of rotatable bonds is 10. The lowest BCUT2D eigenvalue weighted by Crippen LogP contribution is -2.58. The Labute approximate surface area is 344 Å². The molecule has 0 aromatic heterocycles. The van der Waals surface area contributed by atoms with Gasteiger partial charge in [-0.3, -0.25) is 39.2 Å². The van der Waals surface area contributed by atoms with Crippen LogP contribution in [0.5, 0.6) is 0 Å². The fourth-order valence-electron chi connectivity index (χ4n) is 9.29. The number of anilines is 2. The fraction of sp³-hybridized carbons (Fsp3) is 0.585. The number of benzene rings is 2. The third-order valence-corrected chi connectivity index (χ3v) is 12.7. The topological polar surface area (TPSA) is 129 Å². The van der Waals surface area contributed by atoms with Gasteiger partial charge in [0.2, 0.25) is 23.6 Å². The minimum atomic E-state index is -4.73. The molecule has 16 heteroatoms. The normalized spacial score (nSPS) is 27.4. The van der Waals surface area contributed by atoms with Crippen molar-refractivity contribution in [2.24, 2.45) is 5.92 Å². The van der Waals surface area contributed by atoms with Gasteiger partial charge in [-0.05, 0) is 121 Å². The number of amides is 4. The Bertz CT molecular complexity index is 1840. The van der Waals surface area contributed by atoms with E-state index in [4.69, 9.17) is 12.6 Å². The quantitative estimate of drug-likeness (QED) is 0.182. The highest BCUT2D eigenvalue weighted by molar-refractivity contribution is 7.81. The Balaban J connectivity index is 0.00000620. The van der Waals surface area contributed by atoms with Crippen LogP contribution in [0, 0.1) is 17.2 Å². The number of carbonyl (C=O) groups excluding carboxylic acids is 4. The fourth-order valence-corrected chi connectivity index (χ4v) is 10.0. The first kappa shape index (κ1) is 44.4. The number of hydrogen-bond donors (Lipinski definition) is 3. The number of piperidine rings is 1. The molecule has 4 fully saturated rings. The predicted molar refractivity (Wildman–Crippen MR) is 217 cm³/mol. The number of imide groups is 1. The van der Waals surface area contributed by atoms with Gasteiger partial charge in [-0.25, -0.2) is 0 Å². The molecule has 2 N–H and O–H groups in total. The highest BCUT2D eigenvalue weighted by Gasteiger charge is 2.54. The molecule has 4 aliphatic rings. The number of hydrogen-bond acceptors (Lipinski definition) is 9. The third-order valence-electron chi connectivity index (χ3n) is 12.2. The van der Waals surface area contributed by atoms with Crippen molar-refractivity contribution in [1.29, 1.82) is 5.26 Å². The van der Waals surface area contributed by atoms with Crippen LogP contribution in [0.2, 0.25) is 0 Å². The summed E-state index contributed by atoms with van der Waals surface area (Å²) in [5.74, 6) is -0.764. The van der Waals surface area contributed by atoms with E-state index in [2.05, 4.69) is 34.3 Å². The van der Waals surface area contributed by atoms with Gasteiger partial charge in [0, 0.05) is 49.0 Å². The predicted octanol–water partition coefficient (Wildman–Crippen LogP) is 6.53. The van der Waals surface area contributed by atoms with Gasteiger partial charge in [-0.15, -0.1) is 25.0 Å². The molecule has 3 saturated heterocycles. The molecule has 4 amide bonds. The summed E-state index contributed by atoms with van der Waals surface area (Å²) in [6, 6.07) is 12.7. The second-order valence-corrected chi connectivity index (χ2v) is 16.9. The maximum absolute atomic E-state index is 13.7. The molecule has 2 unspecified atom stereocenters. The van der Waals surface area contributed by atoms with Crippen molar-refractivity contribution in [1.82, 2.24) is 20.0 Å². The molecule has 0 bridgehead atoms. The van der Waals surface area contributed by atoms with E-state index in [1.54, 1.807) is 32.0 Å². The molecule has 3 aliphatic heterocycles. The van der Waals surface area contributed by atoms with E-state index in [1.165, 1.54) is 11.0 Å². The highest BCUT2D eigenvalue weighted by atomic mass is 35.5. The first-order chi connectivity index (χ1) is 26.5. The number of nitrogens with zero attached hydrogens (tertiary/aromatic N) is 5. The first-order valence-electron chi connectivity index (χ1n) is 19.6. The van der Waals surface area contributed by atoms with Crippen LogP contribution in [0.25, 0.3) is 0 Å². The van der Waals surface area contributed by atoms with Crippen molar-refractivity contribution in [2.45, 2.75) is 120 Å². The van der Waals surface area contributed by atoms with Gasteiger partial charge >= 0.3 is 6.18 Å². The second kappa shape index (κ2) is 18.1. The summed E-state index contributed by atoms with van der Waals surface area (Å²) in [5.41, 5.74) is -1.69. The van der Waals surface area contributed by atoms with E-state index in [0.717, 1.165) is 75.9 Å². The van der Waals surface area contributed by atoms with Crippen LogP contribution in [0.3, 0.4) is 0 Å². The second-order valence-electron chi connectivity index (χ2n) is 16.4. The van der Waals surface area contributed by atoms with Crippen LogP contribution in [0.15, 0.2) is 42.5 Å². The summed E-state index contributed by atoms with van der Waals surface area (Å²) in [6.07, 6.45) is 1.93. The summed E-state index contributed by atoms with van der Waals surface area (Å²) in [6.45, 7) is 10.9. The lowest BCUT2D eigenvalue weighted by molar-refractivity contribution is -0.138. The summed E-state index contributed by atoms with van der Waals surface area (Å²) in [4.78, 5) is 58.5. The number of nitrogens with one attached hydrogen (secondary N) is 2. The first-order valence-corrected chi connectivity index (χ1v) is 20.1. The van der Waals surface area contributed by atoms with Crippen LogP contribution in [-0.4, -0.2) is 93.7 Å². The van der Waals surface area contributed by atoms with E-state index in [9.17, 15) is 37.6 Å². The molecular formula is C41H53ClF3N7O4S. The molecule has 3 heterocycles. The summed E-state index contributed by atoms with van der Waals surface area (Å²) < 4.78 is 41.2. The van der Waals surface area contributed by atoms with Crippen LogP contribution in [-0.2, 0) is 25.4 Å². The van der Waals surface area contributed by atoms with Crippen molar-refractivity contribution in [3.05, 3.63) is 59.2 Å². The number of nitriles is 1. The maximum Gasteiger partial charge on any atom is 0.417 e. The number of alkyl halides is 3. The van der Waals surface area contributed by atoms with E-state index >= 15 is 0 Å². The minimum absolute atomic E-state index is 0. The van der Waals surface area contributed by atoms with Crippen LogP contribution >= 0.6 is 25.0 Å². The van der Waals surface area contributed by atoms with Crippen molar-refractivity contribution in [3.8, 4) is 6.07 Å². The summed E-state index contributed by atoms with van der Waals surface area (Å²) in [7, 11) is 0. The van der Waals surface area contributed by atoms with E-state index in [0.29, 0.717) is 24.4 Å². The van der Waals surface area contributed by atoms with Crippen LogP contribution in [0.1, 0.15) is 102 Å².